The van der Waals surface area contributed by atoms with Gasteiger partial charge in [0, 0.05) is 5.39 Å². The van der Waals surface area contributed by atoms with Crippen LogP contribution in [-0.2, 0) is 4.79 Å². The van der Waals surface area contributed by atoms with E-state index in [1.165, 1.54) is 0 Å². The molecule has 0 bridgehead atoms. The summed E-state index contributed by atoms with van der Waals surface area (Å²) in [4.78, 5) is 12.4. The van der Waals surface area contributed by atoms with E-state index >= 15 is 0 Å². The largest absolute Gasteiger partial charge is 0.491 e. The highest BCUT2D eigenvalue weighted by Crippen LogP contribution is 2.27. The van der Waals surface area contributed by atoms with E-state index in [0.29, 0.717) is 19.1 Å². The van der Waals surface area contributed by atoms with Crippen LogP contribution in [0.25, 0.3) is 10.8 Å². The molecule has 4 nitrogen and oxygen atoms in total. The molecule has 1 N–H and O–H groups in total. The van der Waals surface area contributed by atoms with Crippen LogP contribution in [0.5, 0.6) is 11.5 Å². The fourth-order valence-corrected chi connectivity index (χ4v) is 3.11. The Hall–Kier alpha value is -3.01. The van der Waals surface area contributed by atoms with Gasteiger partial charge in [0.1, 0.15) is 18.1 Å². The molecule has 0 heterocycles. The first kappa shape index (κ1) is 19.7. The fraction of sp³-hybridized carbons (Fsp3) is 0.292. The second-order valence-electron chi connectivity index (χ2n) is 7.07. The zero-order valence-corrected chi connectivity index (χ0v) is 16.6. The molecule has 3 aromatic rings. The van der Waals surface area contributed by atoms with Crippen LogP contribution in [0.15, 0.2) is 66.7 Å². The topological polar surface area (TPSA) is 47.6 Å². The molecule has 0 unspecified atom stereocenters. The molecule has 0 fully saturated rings. The van der Waals surface area contributed by atoms with E-state index < -0.39 is 6.10 Å². The summed E-state index contributed by atoms with van der Waals surface area (Å²) in [6.07, 6.45) is -0.572. The highest BCUT2D eigenvalue weighted by molar-refractivity contribution is 5.88. The third-order valence-corrected chi connectivity index (χ3v) is 4.62. The molecule has 3 rings (SSSR count). The smallest absolute Gasteiger partial charge is 0.260 e. The zero-order valence-electron chi connectivity index (χ0n) is 16.6. The second kappa shape index (κ2) is 9.27. The molecule has 1 atom stereocenters. The highest BCUT2D eigenvalue weighted by Gasteiger charge is 2.16. The van der Waals surface area contributed by atoms with Crippen molar-refractivity contribution in [1.82, 2.24) is 5.32 Å². The van der Waals surface area contributed by atoms with Crippen molar-refractivity contribution < 1.29 is 14.3 Å². The lowest BCUT2D eigenvalue weighted by atomic mass is 10.0. The van der Waals surface area contributed by atoms with Crippen molar-refractivity contribution in [1.29, 1.82) is 0 Å². The average molecular weight is 377 g/mol. The van der Waals surface area contributed by atoms with E-state index in [0.717, 1.165) is 27.8 Å². The third kappa shape index (κ3) is 4.83. The first-order valence-corrected chi connectivity index (χ1v) is 9.70. The third-order valence-electron chi connectivity index (χ3n) is 4.62. The fourth-order valence-electron chi connectivity index (χ4n) is 3.11. The molecule has 0 spiro atoms. The SMILES string of the molecule is CC(C)c1ccccc1O[C@H](C)C(=O)NCCOc1cccc2ccccc12. The molecule has 0 aliphatic carbocycles. The van der Waals surface area contributed by atoms with Gasteiger partial charge in [-0.05, 0) is 35.9 Å². The number of hydrogen-bond donors (Lipinski definition) is 1. The number of fused-ring (bicyclic) bond motifs is 1. The predicted octanol–water partition coefficient (Wildman–Crippen LogP) is 4.93. The summed E-state index contributed by atoms with van der Waals surface area (Å²) in [7, 11) is 0. The normalized spacial score (nSPS) is 12.0. The van der Waals surface area contributed by atoms with Gasteiger partial charge in [-0.2, -0.15) is 0 Å². The van der Waals surface area contributed by atoms with E-state index in [-0.39, 0.29) is 5.91 Å². The maximum atomic E-state index is 12.4. The lowest BCUT2D eigenvalue weighted by Gasteiger charge is -2.18. The molecule has 0 aromatic heterocycles. The number of amides is 1. The first-order chi connectivity index (χ1) is 13.6. The summed E-state index contributed by atoms with van der Waals surface area (Å²) >= 11 is 0. The predicted molar refractivity (Wildman–Crippen MR) is 113 cm³/mol. The molecule has 3 aromatic carbocycles. The van der Waals surface area contributed by atoms with Crippen molar-refractivity contribution in [2.75, 3.05) is 13.2 Å². The van der Waals surface area contributed by atoms with Crippen LogP contribution in [-0.4, -0.2) is 25.2 Å². The van der Waals surface area contributed by atoms with Crippen LogP contribution in [0.1, 0.15) is 32.3 Å². The minimum Gasteiger partial charge on any atom is -0.491 e. The summed E-state index contributed by atoms with van der Waals surface area (Å²) in [5.74, 6) is 1.76. The van der Waals surface area contributed by atoms with E-state index in [9.17, 15) is 4.79 Å². The summed E-state index contributed by atoms with van der Waals surface area (Å²) in [5.41, 5.74) is 1.10. The van der Waals surface area contributed by atoms with Crippen molar-refractivity contribution >= 4 is 16.7 Å². The summed E-state index contributed by atoms with van der Waals surface area (Å²) < 4.78 is 11.8. The van der Waals surface area contributed by atoms with Gasteiger partial charge in [0.25, 0.3) is 5.91 Å². The molecular formula is C24H27NO3. The number of benzene rings is 3. The summed E-state index contributed by atoms with van der Waals surface area (Å²) in [6, 6.07) is 21.9. The molecule has 1 amide bonds. The van der Waals surface area contributed by atoms with Gasteiger partial charge in [-0.15, -0.1) is 0 Å². The Kier molecular flexibility index (Phi) is 6.53. The van der Waals surface area contributed by atoms with Crippen LogP contribution < -0.4 is 14.8 Å². The molecule has 0 saturated carbocycles. The van der Waals surface area contributed by atoms with Crippen LogP contribution in [0.4, 0.5) is 0 Å². The molecular weight excluding hydrogens is 350 g/mol. The molecule has 146 valence electrons. The van der Waals surface area contributed by atoms with Gasteiger partial charge >= 0.3 is 0 Å². The monoisotopic (exact) mass is 377 g/mol. The molecule has 0 radical (unpaired) electrons. The second-order valence-corrected chi connectivity index (χ2v) is 7.07. The van der Waals surface area contributed by atoms with Crippen molar-refractivity contribution in [2.24, 2.45) is 0 Å². The number of hydrogen-bond acceptors (Lipinski definition) is 3. The van der Waals surface area contributed by atoms with Gasteiger partial charge in [-0.1, -0.05) is 68.4 Å². The summed E-state index contributed by atoms with van der Waals surface area (Å²) in [5, 5.41) is 5.08. The van der Waals surface area contributed by atoms with Crippen molar-refractivity contribution in [3.8, 4) is 11.5 Å². The van der Waals surface area contributed by atoms with Gasteiger partial charge < -0.3 is 14.8 Å². The molecule has 0 aliphatic heterocycles. The van der Waals surface area contributed by atoms with Crippen LogP contribution in [0.3, 0.4) is 0 Å². The van der Waals surface area contributed by atoms with Crippen LogP contribution >= 0.6 is 0 Å². The summed E-state index contributed by atoms with van der Waals surface area (Å²) in [6.45, 7) is 6.80. The minimum atomic E-state index is -0.572. The van der Waals surface area contributed by atoms with Crippen LogP contribution in [0, 0.1) is 0 Å². The van der Waals surface area contributed by atoms with Gasteiger partial charge in [0.2, 0.25) is 0 Å². The quantitative estimate of drug-likeness (QED) is 0.567. The molecule has 0 aliphatic rings. The van der Waals surface area contributed by atoms with Crippen LogP contribution in [0.2, 0.25) is 0 Å². The van der Waals surface area contributed by atoms with E-state index in [2.05, 4.69) is 31.3 Å². The van der Waals surface area contributed by atoms with Crippen molar-refractivity contribution in [3.05, 3.63) is 72.3 Å². The standard InChI is InChI=1S/C24H27NO3/c1-17(2)20-11-6-7-13-23(20)28-18(3)24(26)25-15-16-27-22-14-8-10-19-9-4-5-12-21(19)22/h4-14,17-18H,15-16H2,1-3H3,(H,25,26)/t18-/m1/s1. The Balaban J connectivity index is 1.50. The number of para-hydroxylation sites is 1. The number of carbonyl (C=O) groups excluding carboxylic acids is 1. The number of ether oxygens (including phenoxy) is 2. The number of carbonyl (C=O) groups is 1. The Morgan fingerprint density at radius 3 is 2.39 bits per heavy atom. The van der Waals surface area contributed by atoms with Gasteiger partial charge in [-0.25, -0.2) is 0 Å². The number of rotatable bonds is 8. The maximum absolute atomic E-state index is 12.4. The minimum absolute atomic E-state index is 0.153. The average Bonchev–Trinajstić information content (AvgIpc) is 2.71. The van der Waals surface area contributed by atoms with Gasteiger partial charge in [0.15, 0.2) is 6.10 Å². The molecule has 4 heteroatoms. The Morgan fingerprint density at radius 1 is 0.893 bits per heavy atom. The van der Waals surface area contributed by atoms with Crippen molar-refractivity contribution in [3.63, 3.8) is 0 Å². The van der Waals surface area contributed by atoms with E-state index in [1.807, 2.05) is 54.6 Å². The van der Waals surface area contributed by atoms with Crippen molar-refractivity contribution in [2.45, 2.75) is 32.8 Å². The van der Waals surface area contributed by atoms with Gasteiger partial charge in [-0.3, -0.25) is 4.79 Å². The van der Waals surface area contributed by atoms with Gasteiger partial charge in [0.05, 0.1) is 6.54 Å². The lowest BCUT2D eigenvalue weighted by Crippen LogP contribution is -2.38. The van der Waals surface area contributed by atoms with E-state index in [4.69, 9.17) is 9.47 Å². The Labute approximate surface area is 166 Å². The maximum Gasteiger partial charge on any atom is 0.260 e. The lowest BCUT2D eigenvalue weighted by molar-refractivity contribution is -0.127. The highest BCUT2D eigenvalue weighted by atomic mass is 16.5. The number of nitrogens with one attached hydrogen (secondary N) is 1. The zero-order chi connectivity index (χ0) is 19.9. The Bertz CT molecular complexity index is 931. The molecule has 28 heavy (non-hydrogen) atoms. The Morgan fingerprint density at radius 2 is 1.57 bits per heavy atom. The first-order valence-electron chi connectivity index (χ1n) is 9.70. The van der Waals surface area contributed by atoms with E-state index in [1.54, 1.807) is 6.92 Å². The molecule has 0 saturated heterocycles.